The van der Waals surface area contributed by atoms with E-state index >= 15 is 0 Å². The Morgan fingerprint density at radius 2 is 1.08 bits per heavy atom. The number of benzene rings is 2. The lowest BCUT2D eigenvalue weighted by Crippen LogP contribution is -1.79. The number of thiophene rings is 2. The summed E-state index contributed by atoms with van der Waals surface area (Å²) in [6.07, 6.45) is 0. The highest BCUT2D eigenvalue weighted by Crippen LogP contribution is 2.28. The summed E-state index contributed by atoms with van der Waals surface area (Å²) in [5.74, 6) is 1.37. The molecule has 0 unspecified atom stereocenters. The quantitative estimate of drug-likeness (QED) is 0.326. The Morgan fingerprint density at radius 1 is 0.577 bits per heavy atom. The van der Waals surface area contributed by atoms with Crippen molar-refractivity contribution >= 4 is 32.8 Å². The molecule has 0 bridgehead atoms. The van der Waals surface area contributed by atoms with E-state index in [0.717, 1.165) is 0 Å². The average molecular weight is 381 g/mol. The van der Waals surface area contributed by atoms with Gasteiger partial charge in [-0.25, -0.2) is 0 Å². The van der Waals surface area contributed by atoms with E-state index in [0.29, 0.717) is 11.8 Å². The SMILES string of the molecule is CC(C)c1ccc(C(C)C)s1.c1ccc2sccc2c1.c1ccccc1. The zero-order chi connectivity index (χ0) is 18.8. The van der Waals surface area contributed by atoms with Crippen LogP contribution in [0.2, 0.25) is 0 Å². The van der Waals surface area contributed by atoms with Crippen LogP contribution in [0.3, 0.4) is 0 Å². The molecule has 0 saturated heterocycles. The maximum Gasteiger partial charge on any atom is 0.0342 e. The highest BCUT2D eigenvalue weighted by atomic mass is 32.1. The second-order valence-corrected chi connectivity index (χ2v) is 8.76. The van der Waals surface area contributed by atoms with Crippen LogP contribution < -0.4 is 0 Å². The van der Waals surface area contributed by atoms with E-state index in [-0.39, 0.29) is 0 Å². The lowest BCUT2D eigenvalue weighted by molar-refractivity contribution is 0.888. The lowest BCUT2D eigenvalue weighted by atomic mass is 10.1. The van der Waals surface area contributed by atoms with Gasteiger partial charge in [0.2, 0.25) is 0 Å². The molecule has 2 heteroatoms. The Hall–Kier alpha value is -1.90. The van der Waals surface area contributed by atoms with Crippen LogP contribution in [0, 0.1) is 0 Å². The van der Waals surface area contributed by atoms with E-state index in [9.17, 15) is 0 Å². The van der Waals surface area contributed by atoms with Crippen molar-refractivity contribution in [2.75, 3.05) is 0 Å². The third kappa shape index (κ3) is 6.78. The van der Waals surface area contributed by atoms with Gasteiger partial charge in [0, 0.05) is 14.5 Å². The molecule has 136 valence electrons. The first-order valence-electron chi connectivity index (χ1n) is 9.09. The van der Waals surface area contributed by atoms with Crippen molar-refractivity contribution in [1.29, 1.82) is 0 Å². The van der Waals surface area contributed by atoms with Crippen molar-refractivity contribution in [1.82, 2.24) is 0 Å². The number of hydrogen-bond acceptors (Lipinski definition) is 2. The van der Waals surface area contributed by atoms with Crippen molar-refractivity contribution in [2.24, 2.45) is 0 Å². The standard InChI is InChI=1S/C10H16S.C8H6S.C6H6/c1-7(2)9-5-6-10(11-9)8(3)4;1-2-4-8-7(3-1)5-6-9-8;1-2-4-6-5-3-1/h5-8H,1-4H3;1-6H;1-6H. The largest absolute Gasteiger partial charge is 0.145 e. The van der Waals surface area contributed by atoms with Crippen LogP contribution in [0.15, 0.2) is 84.2 Å². The summed E-state index contributed by atoms with van der Waals surface area (Å²) in [5.41, 5.74) is 0. The Balaban J connectivity index is 0.000000146. The third-order valence-electron chi connectivity index (χ3n) is 3.81. The molecule has 4 rings (SSSR count). The van der Waals surface area contributed by atoms with E-state index in [4.69, 9.17) is 0 Å². The predicted molar refractivity (Wildman–Crippen MR) is 121 cm³/mol. The fourth-order valence-corrected chi connectivity index (χ4v) is 4.09. The Bertz CT molecular complexity index is 775. The molecule has 0 N–H and O–H groups in total. The van der Waals surface area contributed by atoms with Crippen molar-refractivity contribution in [3.8, 4) is 0 Å². The van der Waals surface area contributed by atoms with Crippen LogP contribution in [0.4, 0.5) is 0 Å². The van der Waals surface area contributed by atoms with Gasteiger partial charge in [0.05, 0.1) is 0 Å². The molecule has 2 aromatic carbocycles. The van der Waals surface area contributed by atoms with Crippen molar-refractivity contribution in [3.63, 3.8) is 0 Å². The fraction of sp³-hybridized carbons (Fsp3) is 0.250. The summed E-state index contributed by atoms with van der Waals surface area (Å²) >= 11 is 3.74. The molecule has 0 aliphatic carbocycles. The van der Waals surface area contributed by atoms with E-state index in [2.05, 4.69) is 75.5 Å². The van der Waals surface area contributed by atoms with E-state index < -0.39 is 0 Å². The molecule has 0 aliphatic rings. The summed E-state index contributed by atoms with van der Waals surface area (Å²) in [6.45, 7) is 8.98. The third-order valence-corrected chi connectivity index (χ3v) is 6.40. The number of rotatable bonds is 2. The molecule has 0 spiro atoms. The first-order valence-corrected chi connectivity index (χ1v) is 10.8. The summed E-state index contributed by atoms with van der Waals surface area (Å²) < 4.78 is 1.37. The Labute approximate surface area is 166 Å². The summed E-state index contributed by atoms with van der Waals surface area (Å²) in [6, 6.07) is 27.1. The average Bonchev–Trinajstić information content (AvgIpc) is 3.34. The smallest absolute Gasteiger partial charge is 0.0342 e. The summed E-state index contributed by atoms with van der Waals surface area (Å²) in [7, 11) is 0. The zero-order valence-corrected chi connectivity index (χ0v) is 17.7. The highest BCUT2D eigenvalue weighted by molar-refractivity contribution is 7.17. The molecule has 4 aromatic rings. The fourth-order valence-electron chi connectivity index (χ4n) is 2.28. The molecular weight excluding hydrogens is 352 g/mol. The molecule has 26 heavy (non-hydrogen) atoms. The summed E-state index contributed by atoms with van der Waals surface area (Å²) in [4.78, 5) is 3.02. The van der Waals surface area contributed by atoms with Gasteiger partial charge < -0.3 is 0 Å². The number of fused-ring (bicyclic) bond motifs is 1. The van der Waals surface area contributed by atoms with Crippen molar-refractivity contribution in [2.45, 2.75) is 39.5 Å². The molecule has 2 heterocycles. The minimum Gasteiger partial charge on any atom is -0.145 e. The lowest BCUT2D eigenvalue weighted by Gasteiger charge is -2.00. The van der Waals surface area contributed by atoms with Crippen molar-refractivity contribution < 1.29 is 0 Å². The predicted octanol–water partition coefficient (Wildman–Crippen LogP) is 8.58. The molecule has 0 nitrogen and oxygen atoms in total. The first-order chi connectivity index (χ1) is 12.6. The molecule has 2 aromatic heterocycles. The van der Waals surface area contributed by atoms with Gasteiger partial charge in [0.15, 0.2) is 0 Å². The molecule has 0 saturated carbocycles. The van der Waals surface area contributed by atoms with Gasteiger partial charge in [-0.3, -0.25) is 0 Å². The van der Waals surface area contributed by atoms with E-state index in [1.165, 1.54) is 19.8 Å². The van der Waals surface area contributed by atoms with Crippen molar-refractivity contribution in [3.05, 3.63) is 94.0 Å². The van der Waals surface area contributed by atoms with Crippen LogP contribution in [0.5, 0.6) is 0 Å². The molecule has 0 aliphatic heterocycles. The maximum atomic E-state index is 2.25. The van der Waals surface area contributed by atoms with Crippen LogP contribution in [-0.2, 0) is 0 Å². The Kier molecular flexibility index (Phi) is 8.60. The summed E-state index contributed by atoms with van der Waals surface area (Å²) in [5, 5.41) is 3.47. The second-order valence-electron chi connectivity index (χ2n) is 6.66. The molecule has 0 fully saturated rings. The van der Waals surface area contributed by atoms with Gasteiger partial charge in [0.25, 0.3) is 0 Å². The van der Waals surface area contributed by atoms with E-state index in [1.54, 1.807) is 11.3 Å². The second kappa shape index (κ2) is 10.9. The molecule has 0 atom stereocenters. The van der Waals surface area contributed by atoms with Gasteiger partial charge in [-0.2, -0.15) is 0 Å². The van der Waals surface area contributed by atoms with Gasteiger partial charge in [0.1, 0.15) is 0 Å². The van der Waals surface area contributed by atoms with E-state index in [1.807, 2.05) is 47.7 Å². The normalized spacial score (nSPS) is 10.2. The van der Waals surface area contributed by atoms with Crippen LogP contribution >= 0.6 is 22.7 Å². The van der Waals surface area contributed by atoms with Gasteiger partial charge in [-0.1, -0.05) is 82.3 Å². The molecule has 0 radical (unpaired) electrons. The molecule has 0 amide bonds. The van der Waals surface area contributed by atoms with Crippen LogP contribution in [0.25, 0.3) is 10.1 Å². The Morgan fingerprint density at radius 3 is 1.50 bits per heavy atom. The van der Waals surface area contributed by atoms with Gasteiger partial charge in [-0.05, 0) is 46.9 Å². The topological polar surface area (TPSA) is 0 Å². The van der Waals surface area contributed by atoms with Crippen LogP contribution in [0.1, 0.15) is 49.3 Å². The minimum absolute atomic E-state index is 0.687. The number of hydrogen-bond donors (Lipinski definition) is 0. The molecular formula is C24H28S2. The van der Waals surface area contributed by atoms with Gasteiger partial charge in [-0.15, -0.1) is 22.7 Å². The van der Waals surface area contributed by atoms with Crippen LogP contribution in [-0.4, -0.2) is 0 Å². The van der Waals surface area contributed by atoms with Gasteiger partial charge >= 0.3 is 0 Å². The maximum absolute atomic E-state index is 2.25. The zero-order valence-electron chi connectivity index (χ0n) is 16.1. The minimum atomic E-state index is 0.687. The first kappa shape index (κ1) is 20.4. The highest BCUT2D eigenvalue weighted by Gasteiger charge is 2.05. The monoisotopic (exact) mass is 380 g/mol.